The zero-order valence-corrected chi connectivity index (χ0v) is 15.1. The minimum Gasteiger partial charge on any atom is -0.346 e. The first-order valence-corrected chi connectivity index (χ1v) is 9.58. The Morgan fingerprint density at radius 2 is 1.88 bits per heavy atom. The maximum Gasteiger partial charge on any atom is 0.279 e. The molecule has 0 saturated carbocycles. The van der Waals surface area contributed by atoms with Gasteiger partial charge in [-0.25, -0.2) is 4.98 Å². The molecule has 3 aromatic heterocycles. The van der Waals surface area contributed by atoms with Gasteiger partial charge in [0.15, 0.2) is 0 Å². The van der Waals surface area contributed by atoms with E-state index >= 15 is 0 Å². The van der Waals surface area contributed by atoms with Crippen molar-refractivity contribution in [2.75, 3.05) is 0 Å². The van der Waals surface area contributed by atoms with Crippen LogP contribution in [0.1, 0.15) is 15.4 Å². The number of nitrogens with one attached hydrogen (secondary N) is 1. The molecule has 7 heteroatoms. The predicted molar refractivity (Wildman–Crippen MR) is 105 cm³/mol. The lowest BCUT2D eigenvalue weighted by Crippen LogP contribution is -2.22. The van der Waals surface area contributed by atoms with Crippen molar-refractivity contribution in [1.82, 2.24) is 15.3 Å². The Hall–Kier alpha value is -2.90. The molecule has 0 aliphatic heterocycles. The monoisotopic (exact) mass is 379 g/mol. The van der Waals surface area contributed by atoms with Crippen molar-refractivity contribution >= 4 is 38.7 Å². The van der Waals surface area contributed by atoms with Crippen LogP contribution in [0, 0.1) is 0 Å². The largest absolute Gasteiger partial charge is 0.346 e. The van der Waals surface area contributed by atoms with Gasteiger partial charge in [0.25, 0.3) is 11.5 Å². The van der Waals surface area contributed by atoms with Crippen LogP contribution in [-0.4, -0.2) is 15.9 Å². The van der Waals surface area contributed by atoms with Gasteiger partial charge in [-0.05, 0) is 35.7 Å². The maximum atomic E-state index is 12.2. The Bertz CT molecular complexity index is 1140. The smallest absolute Gasteiger partial charge is 0.279 e. The van der Waals surface area contributed by atoms with Crippen molar-refractivity contribution in [3.63, 3.8) is 0 Å². The summed E-state index contributed by atoms with van der Waals surface area (Å²) < 4.78 is 0.876. The van der Waals surface area contributed by atoms with Gasteiger partial charge in [0.05, 0.1) is 28.2 Å². The summed E-state index contributed by atoms with van der Waals surface area (Å²) in [5.74, 6) is -0.124. The molecule has 128 valence electrons. The summed E-state index contributed by atoms with van der Waals surface area (Å²) >= 11 is 2.82. The van der Waals surface area contributed by atoms with Crippen LogP contribution in [0.3, 0.4) is 0 Å². The molecule has 0 unspecified atom stereocenters. The summed E-state index contributed by atoms with van der Waals surface area (Å²) in [6.07, 6.45) is 0. The van der Waals surface area contributed by atoms with Gasteiger partial charge in [-0.1, -0.05) is 24.3 Å². The highest BCUT2D eigenvalue weighted by Gasteiger charge is 2.10. The molecule has 0 aliphatic rings. The lowest BCUT2D eigenvalue weighted by Gasteiger charge is -2.06. The number of hydrogen-bond acceptors (Lipinski definition) is 6. The molecule has 1 N–H and O–H groups in total. The van der Waals surface area contributed by atoms with E-state index in [-0.39, 0.29) is 11.5 Å². The number of carbonyl (C=O) groups excluding carboxylic acids is 1. The Morgan fingerprint density at radius 1 is 1.00 bits per heavy atom. The van der Waals surface area contributed by atoms with Gasteiger partial charge in [0.2, 0.25) is 0 Å². The zero-order chi connectivity index (χ0) is 17.9. The minimum absolute atomic E-state index is 0.124. The highest BCUT2D eigenvalue weighted by molar-refractivity contribution is 7.21. The molecule has 0 radical (unpaired) electrons. The second kappa shape index (κ2) is 7.15. The Balaban J connectivity index is 1.60. The first-order chi connectivity index (χ1) is 12.7. The number of amides is 1. The standard InChI is InChI=1S/C19H13N3O2S2/c23-17-13-6-1-2-8-15(13)26-19(22-17)14-7-3-5-12(21-14)11-20-18(24)16-9-4-10-25-16/h1-10H,11H2,(H,20,24). The van der Waals surface area contributed by atoms with Gasteiger partial charge in [0, 0.05) is 4.70 Å². The highest BCUT2D eigenvalue weighted by Crippen LogP contribution is 2.24. The Labute approximate surface area is 157 Å². The van der Waals surface area contributed by atoms with Gasteiger partial charge in [0.1, 0.15) is 5.01 Å². The average Bonchev–Trinajstić information content (AvgIpc) is 3.21. The number of benzene rings is 1. The molecule has 1 amide bonds. The normalized spacial score (nSPS) is 10.8. The minimum atomic E-state index is -0.257. The van der Waals surface area contributed by atoms with Crippen LogP contribution in [0.4, 0.5) is 0 Å². The average molecular weight is 379 g/mol. The SMILES string of the molecule is O=C(NCc1cccc(-c2nc(=O)c3ccccc3s2)n1)c1cccs1. The van der Waals surface area contributed by atoms with E-state index in [4.69, 9.17) is 0 Å². The maximum absolute atomic E-state index is 12.2. The fourth-order valence-corrected chi connectivity index (χ4v) is 4.09. The summed E-state index contributed by atoms with van der Waals surface area (Å²) in [5, 5.41) is 5.89. The number of pyridine rings is 1. The Kier molecular flexibility index (Phi) is 4.55. The van der Waals surface area contributed by atoms with E-state index in [1.165, 1.54) is 22.7 Å². The van der Waals surface area contributed by atoms with Crippen molar-refractivity contribution in [2.45, 2.75) is 6.54 Å². The molecule has 5 nitrogen and oxygen atoms in total. The van der Waals surface area contributed by atoms with Crippen molar-refractivity contribution in [1.29, 1.82) is 0 Å². The molecule has 0 saturated heterocycles. The van der Waals surface area contributed by atoms with Crippen LogP contribution in [0.15, 0.2) is 64.8 Å². The lowest BCUT2D eigenvalue weighted by molar-refractivity contribution is 0.0954. The third kappa shape index (κ3) is 3.40. The highest BCUT2D eigenvalue weighted by atomic mass is 32.1. The van der Waals surface area contributed by atoms with E-state index in [9.17, 15) is 9.59 Å². The van der Waals surface area contributed by atoms with Gasteiger partial charge < -0.3 is 5.32 Å². The molecule has 1 aromatic carbocycles. The fraction of sp³-hybridized carbons (Fsp3) is 0.0526. The number of carbonyl (C=O) groups is 1. The molecule has 3 heterocycles. The van der Waals surface area contributed by atoms with E-state index in [0.29, 0.717) is 33.2 Å². The van der Waals surface area contributed by atoms with Gasteiger partial charge in [-0.3, -0.25) is 9.59 Å². The fourth-order valence-electron chi connectivity index (χ4n) is 2.48. The van der Waals surface area contributed by atoms with Crippen molar-refractivity contribution in [3.05, 3.63) is 80.9 Å². The third-order valence-electron chi connectivity index (χ3n) is 3.73. The van der Waals surface area contributed by atoms with Crippen LogP contribution in [0.25, 0.3) is 20.8 Å². The number of fused-ring (bicyclic) bond motifs is 1. The molecule has 0 fully saturated rings. The Morgan fingerprint density at radius 3 is 2.73 bits per heavy atom. The van der Waals surface area contributed by atoms with E-state index in [2.05, 4.69) is 15.3 Å². The number of aromatic nitrogens is 2. The third-order valence-corrected chi connectivity index (χ3v) is 5.67. The predicted octanol–water partition coefficient (Wildman–Crippen LogP) is 3.71. The molecule has 0 aliphatic carbocycles. The van der Waals surface area contributed by atoms with E-state index in [1.54, 1.807) is 12.1 Å². The summed E-state index contributed by atoms with van der Waals surface area (Å²) in [6.45, 7) is 0.313. The number of hydrogen-bond donors (Lipinski definition) is 1. The van der Waals surface area contributed by atoms with Gasteiger partial charge in [-0.15, -0.1) is 22.7 Å². The van der Waals surface area contributed by atoms with E-state index in [0.717, 1.165) is 4.70 Å². The quantitative estimate of drug-likeness (QED) is 0.587. The van der Waals surface area contributed by atoms with Crippen LogP contribution in [0.5, 0.6) is 0 Å². The topological polar surface area (TPSA) is 72.0 Å². The molecular weight excluding hydrogens is 366 g/mol. The van der Waals surface area contributed by atoms with Gasteiger partial charge in [-0.2, -0.15) is 4.98 Å². The molecule has 4 rings (SSSR count). The van der Waals surface area contributed by atoms with Crippen LogP contribution < -0.4 is 10.9 Å². The second-order valence-electron chi connectivity index (χ2n) is 5.49. The number of nitrogens with zero attached hydrogens (tertiary/aromatic N) is 2. The van der Waals surface area contributed by atoms with Crippen molar-refractivity contribution in [2.24, 2.45) is 0 Å². The van der Waals surface area contributed by atoms with Crippen LogP contribution in [-0.2, 0) is 6.54 Å². The van der Waals surface area contributed by atoms with E-state index in [1.807, 2.05) is 47.8 Å². The molecule has 26 heavy (non-hydrogen) atoms. The number of thiophene rings is 1. The molecule has 0 spiro atoms. The van der Waals surface area contributed by atoms with Crippen LogP contribution >= 0.6 is 22.7 Å². The number of rotatable bonds is 4. The summed E-state index contributed by atoms with van der Waals surface area (Å²) in [6, 6.07) is 16.5. The van der Waals surface area contributed by atoms with Crippen molar-refractivity contribution in [3.8, 4) is 10.7 Å². The molecule has 0 bridgehead atoms. The summed E-state index contributed by atoms with van der Waals surface area (Å²) in [7, 11) is 0. The second-order valence-corrected chi connectivity index (χ2v) is 7.47. The van der Waals surface area contributed by atoms with Crippen molar-refractivity contribution < 1.29 is 4.79 Å². The summed E-state index contributed by atoms with van der Waals surface area (Å²) in [5.41, 5.74) is 1.08. The van der Waals surface area contributed by atoms with Crippen LogP contribution in [0.2, 0.25) is 0 Å². The molecular formula is C19H13N3O2S2. The summed E-state index contributed by atoms with van der Waals surface area (Å²) in [4.78, 5) is 33.6. The first kappa shape index (κ1) is 16.6. The molecule has 4 aromatic rings. The van der Waals surface area contributed by atoms with Gasteiger partial charge >= 0.3 is 0 Å². The lowest BCUT2D eigenvalue weighted by atomic mass is 10.3. The van der Waals surface area contributed by atoms with E-state index < -0.39 is 0 Å². The molecule has 0 atom stereocenters. The first-order valence-electron chi connectivity index (χ1n) is 7.88. The zero-order valence-electron chi connectivity index (χ0n) is 13.5.